The van der Waals surface area contributed by atoms with E-state index < -0.39 is 0 Å². The highest BCUT2D eigenvalue weighted by molar-refractivity contribution is 6.11. The molecular formula is C45H42N4. The van der Waals surface area contributed by atoms with Crippen LogP contribution < -0.4 is 0 Å². The van der Waals surface area contributed by atoms with Crippen molar-refractivity contribution >= 4 is 28.6 Å². The van der Waals surface area contributed by atoms with Crippen molar-refractivity contribution in [2.75, 3.05) is 0 Å². The summed E-state index contributed by atoms with van der Waals surface area (Å²) in [7, 11) is 0. The van der Waals surface area contributed by atoms with Gasteiger partial charge in [0.15, 0.2) is 0 Å². The van der Waals surface area contributed by atoms with Crippen molar-refractivity contribution in [3.05, 3.63) is 182 Å². The number of H-pyrrole nitrogens is 2. The number of nitrogens with one attached hydrogen (secondary N) is 2. The molecule has 0 bridgehead atoms. The quantitative estimate of drug-likeness (QED) is 0.178. The van der Waals surface area contributed by atoms with E-state index in [1.54, 1.807) is 0 Å². The number of rotatable bonds is 7. The number of hydrogen-bond acceptors (Lipinski definition) is 2. The Balaban J connectivity index is 1.25. The van der Waals surface area contributed by atoms with Gasteiger partial charge in [-0.25, -0.2) is 4.99 Å². The molecule has 3 aromatic carbocycles. The summed E-state index contributed by atoms with van der Waals surface area (Å²) in [4.78, 5) is 17.3. The Hall–Kier alpha value is -5.74. The maximum Gasteiger partial charge on any atom is 0.0766 e. The summed E-state index contributed by atoms with van der Waals surface area (Å²) in [5, 5.41) is 0. The zero-order valence-electron chi connectivity index (χ0n) is 29.4. The van der Waals surface area contributed by atoms with E-state index in [1.807, 2.05) is 6.07 Å². The number of allylic oxidation sites excluding steroid dienone is 5. The van der Waals surface area contributed by atoms with E-state index in [2.05, 4.69) is 168 Å². The molecule has 0 unspecified atom stereocenters. The molecule has 2 aliphatic rings. The Kier molecular flexibility index (Phi) is 8.48. The van der Waals surface area contributed by atoms with E-state index in [-0.39, 0.29) is 0 Å². The van der Waals surface area contributed by atoms with Gasteiger partial charge in [-0.1, -0.05) is 84.9 Å². The fourth-order valence-electron chi connectivity index (χ4n) is 6.99. The number of nitrogens with zero attached hydrogens (tertiary/aromatic N) is 2. The number of aromatic amines is 2. The predicted octanol–water partition coefficient (Wildman–Crippen LogP) is 11.3. The first-order chi connectivity index (χ1) is 23.6. The highest BCUT2D eigenvalue weighted by atomic mass is 14.8. The van der Waals surface area contributed by atoms with E-state index >= 15 is 0 Å². The summed E-state index contributed by atoms with van der Waals surface area (Å²) in [5.74, 6) is 0. The van der Waals surface area contributed by atoms with Crippen molar-refractivity contribution in [2.24, 2.45) is 9.98 Å². The van der Waals surface area contributed by atoms with Gasteiger partial charge in [0, 0.05) is 28.2 Å². The molecule has 0 amide bonds. The molecule has 2 aromatic heterocycles. The molecule has 0 aliphatic carbocycles. The van der Waals surface area contributed by atoms with Gasteiger partial charge < -0.3 is 9.97 Å². The monoisotopic (exact) mass is 638 g/mol. The van der Waals surface area contributed by atoms with Gasteiger partial charge in [-0.05, 0) is 129 Å². The third-order valence-corrected chi connectivity index (χ3v) is 9.27. The second kappa shape index (κ2) is 13.0. The van der Waals surface area contributed by atoms with Gasteiger partial charge in [-0.3, -0.25) is 4.99 Å². The SMILES string of the molecule is CC1=CC(/C=C/c2ccccc2)=NC/1=C(/c1ccc(-c2ccc(/C(=C3\N=C(C)C=C3C)c3[nH]c(C)cc3C)cc2)cc1)c1[nH]c(C)cc1C. The third kappa shape index (κ3) is 6.42. The molecule has 4 nitrogen and oxygen atoms in total. The number of hydrogen-bond donors (Lipinski definition) is 2. The van der Waals surface area contributed by atoms with Gasteiger partial charge in [0.05, 0.1) is 28.5 Å². The lowest BCUT2D eigenvalue weighted by Gasteiger charge is -2.14. The van der Waals surface area contributed by atoms with Gasteiger partial charge in [-0.2, -0.15) is 0 Å². The minimum Gasteiger partial charge on any atom is -0.358 e. The van der Waals surface area contributed by atoms with E-state index in [1.165, 1.54) is 27.8 Å². The van der Waals surface area contributed by atoms with Crippen LogP contribution in [-0.2, 0) is 0 Å². The average Bonchev–Trinajstić information content (AvgIpc) is 3.83. The minimum atomic E-state index is 0.953. The van der Waals surface area contributed by atoms with Crippen LogP contribution in [-0.4, -0.2) is 21.4 Å². The summed E-state index contributed by atoms with van der Waals surface area (Å²) in [6, 6.07) is 32.5. The lowest BCUT2D eigenvalue weighted by atomic mass is 9.92. The van der Waals surface area contributed by atoms with Crippen LogP contribution in [0.4, 0.5) is 0 Å². The average molecular weight is 639 g/mol. The molecular weight excluding hydrogens is 597 g/mol. The van der Waals surface area contributed by atoms with Crippen LogP contribution in [0.3, 0.4) is 0 Å². The summed E-state index contributed by atoms with van der Waals surface area (Å²) >= 11 is 0. The lowest BCUT2D eigenvalue weighted by molar-refractivity contribution is 1.21. The second-order valence-electron chi connectivity index (χ2n) is 13.3. The largest absolute Gasteiger partial charge is 0.358 e. The smallest absolute Gasteiger partial charge is 0.0766 e. The zero-order chi connectivity index (χ0) is 34.2. The van der Waals surface area contributed by atoms with Crippen LogP contribution in [0, 0.1) is 27.7 Å². The number of aromatic nitrogens is 2. The summed E-state index contributed by atoms with van der Waals surface area (Å²) in [6.07, 6.45) is 8.55. The predicted molar refractivity (Wildman–Crippen MR) is 208 cm³/mol. The molecule has 0 saturated heterocycles. The highest BCUT2D eigenvalue weighted by Gasteiger charge is 2.22. The van der Waals surface area contributed by atoms with Crippen molar-refractivity contribution in [1.82, 2.24) is 9.97 Å². The van der Waals surface area contributed by atoms with Crippen molar-refractivity contribution in [3.8, 4) is 11.1 Å². The van der Waals surface area contributed by atoms with Crippen LogP contribution in [0.15, 0.2) is 142 Å². The van der Waals surface area contributed by atoms with Crippen LogP contribution >= 0.6 is 0 Å². The summed E-state index contributed by atoms with van der Waals surface area (Å²) in [6.45, 7) is 14.9. The van der Waals surface area contributed by atoms with Crippen LogP contribution in [0.5, 0.6) is 0 Å². The molecule has 5 aromatic rings. The Morgan fingerprint density at radius 3 is 1.47 bits per heavy atom. The van der Waals surface area contributed by atoms with Crippen molar-refractivity contribution in [2.45, 2.75) is 48.5 Å². The molecule has 0 fully saturated rings. The van der Waals surface area contributed by atoms with Gasteiger partial charge in [0.2, 0.25) is 0 Å². The minimum absolute atomic E-state index is 0.953. The Labute approximate surface area is 289 Å². The summed E-state index contributed by atoms with van der Waals surface area (Å²) < 4.78 is 0. The maximum absolute atomic E-state index is 5.15. The fourth-order valence-corrected chi connectivity index (χ4v) is 6.99. The number of aryl methyl sites for hydroxylation is 4. The van der Waals surface area contributed by atoms with E-state index in [4.69, 9.17) is 9.98 Å². The molecule has 4 heterocycles. The lowest BCUT2D eigenvalue weighted by Crippen LogP contribution is -1.97. The first kappa shape index (κ1) is 31.8. The third-order valence-electron chi connectivity index (χ3n) is 9.27. The van der Waals surface area contributed by atoms with E-state index in [0.29, 0.717) is 0 Å². The highest BCUT2D eigenvalue weighted by Crippen LogP contribution is 2.38. The molecule has 242 valence electrons. The standard InChI is InChI=1S/C45H42N4/c1-27-23-31(5)46-42(27)40(43-28(2)24-32(6)47-43)37-18-14-35(15-19-37)36-16-20-38(21-17-36)41(44-29(3)25-33(7)48-44)45-30(4)26-39(49-45)22-13-34-11-9-8-10-12-34/h8-26,46,48H,1-7H3/b22-13+,43-40+,45-41-. The Bertz CT molecular complexity index is 2290. The normalized spacial score (nSPS) is 16.6. The molecule has 4 heteroatoms. The fraction of sp³-hybridized carbons (Fsp3) is 0.156. The van der Waals surface area contributed by atoms with Crippen molar-refractivity contribution in [3.63, 3.8) is 0 Å². The maximum atomic E-state index is 5.15. The van der Waals surface area contributed by atoms with Gasteiger partial charge in [-0.15, -0.1) is 0 Å². The molecule has 7 rings (SSSR count). The van der Waals surface area contributed by atoms with Gasteiger partial charge in [0.25, 0.3) is 0 Å². The zero-order valence-corrected chi connectivity index (χ0v) is 29.4. The van der Waals surface area contributed by atoms with Crippen molar-refractivity contribution in [1.29, 1.82) is 0 Å². The molecule has 0 atom stereocenters. The topological polar surface area (TPSA) is 56.3 Å². The Morgan fingerprint density at radius 2 is 1.02 bits per heavy atom. The molecule has 49 heavy (non-hydrogen) atoms. The molecule has 0 spiro atoms. The number of aliphatic imine (C=N–C) groups is 2. The van der Waals surface area contributed by atoms with Crippen LogP contribution in [0.1, 0.15) is 71.4 Å². The summed E-state index contributed by atoms with van der Waals surface area (Å²) in [5.41, 5.74) is 21.4. The molecule has 0 radical (unpaired) electrons. The Morgan fingerprint density at radius 1 is 0.531 bits per heavy atom. The van der Waals surface area contributed by atoms with Crippen molar-refractivity contribution < 1.29 is 0 Å². The van der Waals surface area contributed by atoms with Gasteiger partial charge >= 0.3 is 0 Å². The first-order valence-corrected chi connectivity index (χ1v) is 16.9. The molecule has 2 N–H and O–H groups in total. The van der Waals surface area contributed by atoms with Crippen LogP contribution in [0.2, 0.25) is 0 Å². The molecule has 0 saturated carbocycles. The van der Waals surface area contributed by atoms with E-state index in [0.717, 1.165) is 79.0 Å². The van der Waals surface area contributed by atoms with E-state index in [9.17, 15) is 0 Å². The van der Waals surface area contributed by atoms with Crippen LogP contribution in [0.25, 0.3) is 28.3 Å². The number of benzene rings is 3. The second-order valence-corrected chi connectivity index (χ2v) is 13.3. The molecule has 2 aliphatic heterocycles. The first-order valence-electron chi connectivity index (χ1n) is 16.9. The van der Waals surface area contributed by atoms with Gasteiger partial charge in [0.1, 0.15) is 0 Å².